The van der Waals surface area contributed by atoms with Gasteiger partial charge in [0.2, 0.25) is 0 Å². The SMILES string of the molecule is CCOc1cc2c(cc1OCC)OC(C)(C)C=C2. The molecule has 18 heavy (non-hydrogen) atoms. The van der Waals surface area contributed by atoms with Crippen molar-refractivity contribution in [3.63, 3.8) is 0 Å². The number of rotatable bonds is 4. The van der Waals surface area contributed by atoms with Crippen molar-refractivity contribution in [3.8, 4) is 17.2 Å². The van der Waals surface area contributed by atoms with E-state index in [0.717, 1.165) is 22.8 Å². The maximum atomic E-state index is 5.92. The Kier molecular flexibility index (Phi) is 3.50. The molecule has 0 unspecified atom stereocenters. The van der Waals surface area contributed by atoms with E-state index in [1.165, 1.54) is 0 Å². The largest absolute Gasteiger partial charge is 0.490 e. The van der Waals surface area contributed by atoms with Crippen LogP contribution in [0.2, 0.25) is 0 Å². The van der Waals surface area contributed by atoms with Gasteiger partial charge in [-0.3, -0.25) is 0 Å². The van der Waals surface area contributed by atoms with Crippen molar-refractivity contribution in [2.24, 2.45) is 0 Å². The molecule has 0 amide bonds. The maximum Gasteiger partial charge on any atom is 0.164 e. The van der Waals surface area contributed by atoms with Crippen LogP contribution in [0.25, 0.3) is 6.08 Å². The molecule has 1 aromatic rings. The highest BCUT2D eigenvalue weighted by molar-refractivity contribution is 5.66. The fourth-order valence-electron chi connectivity index (χ4n) is 1.92. The molecule has 1 heterocycles. The van der Waals surface area contributed by atoms with Crippen LogP contribution in [-0.4, -0.2) is 18.8 Å². The molecule has 0 N–H and O–H groups in total. The van der Waals surface area contributed by atoms with Gasteiger partial charge in [0.25, 0.3) is 0 Å². The highest BCUT2D eigenvalue weighted by Crippen LogP contribution is 2.39. The van der Waals surface area contributed by atoms with E-state index < -0.39 is 0 Å². The Morgan fingerprint density at radius 2 is 1.67 bits per heavy atom. The molecule has 1 aliphatic heterocycles. The van der Waals surface area contributed by atoms with Crippen LogP contribution in [0.15, 0.2) is 18.2 Å². The van der Waals surface area contributed by atoms with Gasteiger partial charge in [-0.1, -0.05) is 6.08 Å². The zero-order valence-corrected chi connectivity index (χ0v) is 11.4. The van der Waals surface area contributed by atoms with Gasteiger partial charge in [-0.25, -0.2) is 0 Å². The molecule has 1 aliphatic rings. The normalized spacial score (nSPS) is 15.8. The van der Waals surface area contributed by atoms with Crippen LogP contribution in [0.1, 0.15) is 33.3 Å². The summed E-state index contributed by atoms with van der Waals surface area (Å²) in [6.07, 6.45) is 4.11. The van der Waals surface area contributed by atoms with Crippen molar-refractivity contribution in [2.75, 3.05) is 13.2 Å². The van der Waals surface area contributed by atoms with E-state index in [9.17, 15) is 0 Å². The van der Waals surface area contributed by atoms with E-state index in [-0.39, 0.29) is 5.60 Å². The van der Waals surface area contributed by atoms with Gasteiger partial charge in [-0.05, 0) is 39.8 Å². The van der Waals surface area contributed by atoms with Gasteiger partial charge in [-0.2, -0.15) is 0 Å². The first kappa shape index (κ1) is 12.8. The Morgan fingerprint density at radius 3 is 2.28 bits per heavy atom. The van der Waals surface area contributed by atoms with Gasteiger partial charge in [0, 0.05) is 11.6 Å². The first-order valence-electron chi connectivity index (χ1n) is 6.37. The van der Waals surface area contributed by atoms with Crippen molar-refractivity contribution >= 4 is 6.08 Å². The van der Waals surface area contributed by atoms with E-state index in [1.54, 1.807) is 0 Å². The van der Waals surface area contributed by atoms with Crippen molar-refractivity contribution in [1.82, 2.24) is 0 Å². The lowest BCUT2D eigenvalue weighted by Gasteiger charge is -2.28. The second-order valence-corrected chi connectivity index (χ2v) is 4.74. The molecule has 0 saturated carbocycles. The van der Waals surface area contributed by atoms with E-state index >= 15 is 0 Å². The summed E-state index contributed by atoms with van der Waals surface area (Å²) in [7, 11) is 0. The average molecular weight is 248 g/mol. The zero-order chi connectivity index (χ0) is 13.2. The molecule has 0 atom stereocenters. The summed E-state index contributed by atoms with van der Waals surface area (Å²) in [5, 5.41) is 0. The molecule has 0 aromatic heterocycles. The van der Waals surface area contributed by atoms with Crippen molar-refractivity contribution in [3.05, 3.63) is 23.8 Å². The highest BCUT2D eigenvalue weighted by Gasteiger charge is 2.23. The lowest BCUT2D eigenvalue weighted by molar-refractivity contribution is 0.157. The van der Waals surface area contributed by atoms with E-state index in [0.29, 0.717) is 13.2 Å². The highest BCUT2D eigenvalue weighted by atomic mass is 16.5. The molecule has 1 aromatic carbocycles. The lowest BCUT2D eigenvalue weighted by Crippen LogP contribution is -2.27. The van der Waals surface area contributed by atoms with Crippen LogP contribution in [0.4, 0.5) is 0 Å². The Balaban J connectivity index is 2.41. The Bertz CT molecular complexity index is 461. The summed E-state index contributed by atoms with van der Waals surface area (Å²) in [5.74, 6) is 2.35. The summed E-state index contributed by atoms with van der Waals surface area (Å²) < 4.78 is 17.1. The topological polar surface area (TPSA) is 27.7 Å². The number of ether oxygens (including phenoxy) is 3. The van der Waals surface area contributed by atoms with Crippen LogP contribution in [0.3, 0.4) is 0 Å². The third-order valence-electron chi connectivity index (χ3n) is 2.71. The lowest BCUT2D eigenvalue weighted by atomic mass is 10.0. The molecule has 0 aliphatic carbocycles. The molecule has 0 saturated heterocycles. The molecule has 0 bridgehead atoms. The van der Waals surface area contributed by atoms with Gasteiger partial charge in [0.1, 0.15) is 11.4 Å². The van der Waals surface area contributed by atoms with Gasteiger partial charge < -0.3 is 14.2 Å². The zero-order valence-electron chi connectivity index (χ0n) is 11.4. The first-order valence-corrected chi connectivity index (χ1v) is 6.37. The molecule has 3 nitrogen and oxygen atoms in total. The van der Waals surface area contributed by atoms with Crippen LogP contribution in [0.5, 0.6) is 17.2 Å². The Hall–Kier alpha value is -1.64. The number of fused-ring (bicyclic) bond motifs is 1. The molecular weight excluding hydrogens is 228 g/mol. The Labute approximate surface area is 108 Å². The van der Waals surface area contributed by atoms with E-state index in [2.05, 4.69) is 6.08 Å². The smallest absolute Gasteiger partial charge is 0.164 e. The van der Waals surface area contributed by atoms with Gasteiger partial charge in [0.15, 0.2) is 11.5 Å². The maximum absolute atomic E-state index is 5.92. The van der Waals surface area contributed by atoms with Crippen LogP contribution >= 0.6 is 0 Å². The second-order valence-electron chi connectivity index (χ2n) is 4.74. The quantitative estimate of drug-likeness (QED) is 0.813. The van der Waals surface area contributed by atoms with Gasteiger partial charge >= 0.3 is 0 Å². The number of hydrogen-bond donors (Lipinski definition) is 0. The molecule has 2 rings (SSSR count). The average Bonchev–Trinajstić information content (AvgIpc) is 2.30. The minimum Gasteiger partial charge on any atom is -0.490 e. The van der Waals surface area contributed by atoms with Crippen LogP contribution in [-0.2, 0) is 0 Å². The van der Waals surface area contributed by atoms with E-state index in [1.807, 2.05) is 45.9 Å². The summed E-state index contributed by atoms with van der Waals surface area (Å²) in [6, 6.07) is 3.88. The first-order chi connectivity index (χ1) is 8.55. The molecule has 0 radical (unpaired) electrons. The minimum absolute atomic E-state index is 0.274. The van der Waals surface area contributed by atoms with Crippen molar-refractivity contribution < 1.29 is 14.2 Å². The summed E-state index contributed by atoms with van der Waals surface area (Å²) in [6.45, 7) is 9.21. The molecular formula is C15H20O3. The summed E-state index contributed by atoms with van der Waals surface area (Å²) in [4.78, 5) is 0. The van der Waals surface area contributed by atoms with Crippen molar-refractivity contribution in [2.45, 2.75) is 33.3 Å². The molecule has 3 heteroatoms. The van der Waals surface area contributed by atoms with E-state index in [4.69, 9.17) is 14.2 Å². The van der Waals surface area contributed by atoms with Gasteiger partial charge in [0.05, 0.1) is 13.2 Å². The minimum atomic E-state index is -0.274. The molecule has 0 spiro atoms. The third-order valence-corrected chi connectivity index (χ3v) is 2.71. The fourth-order valence-corrected chi connectivity index (χ4v) is 1.92. The van der Waals surface area contributed by atoms with Crippen molar-refractivity contribution in [1.29, 1.82) is 0 Å². The molecule has 98 valence electrons. The fraction of sp³-hybridized carbons (Fsp3) is 0.467. The predicted molar refractivity (Wildman–Crippen MR) is 72.5 cm³/mol. The summed E-state index contributed by atoms with van der Waals surface area (Å²) in [5.41, 5.74) is 0.755. The monoisotopic (exact) mass is 248 g/mol. The summed E-state index contributed by atoms with van der Waals surface area (Å²) >= 11 is 0. The van der Waals surface area contributed by atoms with Crippen LogP contribution < -0.4 is 14.2 Å². The second kappa shape index (κ2) is 4.92. The third kappa shape index (κ3) is 2.61. The number of benzene rings is 1. The standard InChI is InChI=1S/C15H20O3/c1-5-16-13-9-11-7-8-15(3,4)18-12(11)10-14(13)17-6-2/h7-10H,5-6H2,1-4H3. The van der Waals surface area contributed by atoms with Gasteiger partial charge in [-0.15, -0.1) is 0 Å². The Morgan fingerprint density at radius 1 is 1.06 bits per heavy atom. The predicted octanol–water partition coefficient (Wildman–Crippen LogP) is 3.67. The van der Waals surface area contributed by atoms with Crippen LogP contribution in [0, 0.1) is 0 Å². The number of hydrogen-bond acceptors (Lipinski definition) is 3. The molecule has 0 fully saturated rings.